The Hall–Kier alpha value is -3.40. The second-order valence-electron chi connectivity index (χ2n) is 10.4. The van der Waals surface area contributed by atoms with E-state index in [0.29, 0.717) is 36.9 Å². The molecule has 0 unspecified atom stereocenters. The molecule has 2 aromatic heterocycles. The number of hydrogen-bond acceptors (Lipinski definition) is 8. The molecule has 0 amide bonds. The van der Waals surface area contributed by atoms with E-state index >= 15 is 0 Å². The van der Waals surface area contributed by atoms with E-state index in [0.717, 1.165) is 49.4 Å². The Labute approximate surface area is 218 Å². The summed E-state index contributed by atoms with van der Waals surface area (Å²) in [5, 5.41) is 8.97. The van der Waals surface area contributed by atoms with E-state index in [2.05, 4.69) is 42.8 Å². The van der Waals surface area contributed by atoms with Crippen LogP contribution in [0.15, 0.2) is 24.3 Å². The first-order valence-electron chi connectivity index (χ1n) is 13.0. The van der Waals surface area contributed by atoms with Crippen LogP contribution < -0.4 is 24.8 Å². The Morgan fingerprint density at radius 3 is 2.62 bits per heavy atom. The first-order chi connectivity index (χ1) is 17.7. The number of hydrogen-bond donors (Lipinski definition) is 1. The molecule has 3 aromatic rings. The molecule has 10 heteroatoms. The predicted molar refractivity (Wildman–Crippen MR) is 142 cm³/mol. The highest BCUT2D eigenvalue weighted by atomic mass is 16.5. The van der Waals surface area contributed by atoms with Gasteiger partial charge in [0.15, 0.2) is 12.3 Å². The highest BCUT2D eigenvalue weighted by molar-refractivity contribution is 5.97. The molecular weight excluding hydrogens is 472 g/mol. The number of nitrogen functional groups attached to an aromatic ring is 1. The van der Waals surface area contributed by atoms with Crippen molar-refractivity contribution >= 4 is 23.1 Å². The summed E-state index contributed by atoms with van der Waals surface area (Å²) in [6.07, 6.45) is 3.19. The Morgan fingerprint density at radius 2 is 1.95 bits per heavy atom. The molecule has 0 spiro atoms. The molecule has 2 N–H and O–H groups in total. The fraction of sp³-hybridized carbons (Fsp3) is 0.556. The van der Waals surface area contributed by atoms with Crippen molar-refractivity contribution in [3.63, 3.8) is 0 Å². The van der Waals surface area contributed by atoms with Gasteiger partial charge < -0.3 is 19.1 Å². The minimum Gasteiger partial charge on any atom is -0.494 e. The minimum atomic E-state index is -0.227. The summed E-state index contributed by atoms with van der Waals surface area (Å²) in [4.78, 5) is 15.8. The number of fused-ring (bicyclic) bond motifs is 1. The zero-order valence-electron chi connectivity index (χ0n) is 22.6. The summed E-state index contributed by atoms with van der Waals surface area (Å²) in [6, 6.07) is 7.40. The summed E-state index contributed by atoms with van der Waals surface area (Å²) in [5.74, 6) is 1.44. The number of rotatable bonds is 10. The number of carbonyl (C=O) groups is 1. The van der Waals surface area contributed by atoms with Crippen molar-refractivity contribution in [2.75, 3.05) is 50.7 Å². The Kier molecular flexibility index (Phi) is 8.16. The van der Waals surface area contributed by atoms with Crippen LogP contribution in [0.4, 0.5) is 11.6 Å². The van der Waals surface area contributed by atoms with Gasteiger partial charge in [-0.1, -0.05) is 55.2 Å². The number of anilines is 2. The van der Waals surface area contributed by atoms with Crippen molar-refractivity contribution in [1.82, 2.24) is 14.7 Å². The van der Waals surface area contributed by atoms with E-state index in [-0.39, 0.29) is 23.7 Å². The Balaban J connectivity index is 1.63. The molecule has 1 fully saturated rings. The normalized spacial score (nSPS) is 14.2. The van der Waals surface area contributed by atoms with Crippen LogP contribution in [0, 0.1) is 0 Å². The molecule has 0 saturated carbocycles. The molecular formula is C27H39N6O4+. The molecule has 1 aliphatic rings. The number of aromatic nitrogens is 4. The van der Waals surface area contributed by atoms with Crippen LogP contribution in [0.1, 0.15) is 62.9 Å². The van der Waals surface area contributed by atoms with E-state index in [4.69, 9.17) is 19.9 Å². The molecule has 1 aromatic carbocycles. The summed E-state index contributed by atoms with van der Waals surface area (Å²) in [6.45, 7) is 11.8. The highest BCUT2D eigenvalue weighted by Gasteiger charge is 2.28. The van der Waals surface area contributed by atoms with Gasteiger partial charge in [0, 0.05) is 36.3 Å². The number of nitrogens with two attached hydrogens (primary N) is 1. The molecule has 1 aliphatic heterocycles. The lowest BCUT2D eigenvalue weighted by Crippen LogP contribution is -2.42. The third-order valence-electron chi connectivity index (χ3n) is 6.54. The van der Waals surface area contributed by atoms with Gasteiger partial charge in [-0.3, -0.25) is 10.5 Å². The van der Waals surface area contributed by atoms with Crippen LogP contribution >= 0.6 is 0 Å². The molecule has 0 atom stereocenters. The Morgan fingerprint density at radius 1 is 1.19 bits per heavy atom. The molecule has 0 aliphatic carbocycles. The average molecular weight is 512 g/mol. The first kappa shape index (κ1) is 26.7. The van der Waals surface area contributed by atoms with Crippen LogP contribution in [-0.4, -0.2) is 60.5 Å². The topological polar surface area (TPSA) is 108 Å². The van der Waals surface area contributed by atoms with E-state index in [1.807, 2.05) is 12.1 Å². The lowest BCUT2D eigenvalue weighted by Gasteiger charge is -2.33. The SMILES string of the molecule is CCCCCOc1ccc2n[n+](CC(=O)c3cc(N4CCOCC4)c(OC)c(C(C)(C)C)c3)c(N)n2n1. The fourth-order valence-electron chi connectivity index (χ4n) is 4.46. The van der Waals surface area contributed by atoms with E-state index in [1.165, 1.54) is 9.20 Å². The summed E-state index contributed by atoms with van der Waals surface area (Å²) >= 11 is 0. The molecule has 10 nitrogen and oxygen atoms in total. The third kappa shape index (κ3) is 5.95. The maximum absolute atomic E-state index is 13.6. The molecule has 0 bridgehead atoms. The fourth-order valence-corrected chi connectivity index (χ4v) is 4.46. The van der Waals surface area contributed by atoms with Gasteiger partial charge >= 0.3 is 5.95 Å². The number of Topliss-reactive ketones (excluding diaryl/α,β-unsaturated/α-hetero) is 1. The van der Waals surface area contributed by atoms with E-state index < -0.39 is 0 Å². The van der Waals surface area contributed by atoms with Crippen molar-refractivity contribution in [2.45, 2.75) is 58.9 Å². The number of unbranched alkanes of at least 4 members (excludes halogenated alkanes) is 2. The van der Waals surface area contributed by atoms with Gasteiger partial charge in [-0.05, 0) is 24.0 Å². The van der Waals surface area contributed by atoms with Crippen molar-refractivity contribution in [2.24, 2.45) is 0 Å². The zero-order valence-corrected chi connectivity index (χ0v) is 22.6. The second kappa shape index (κ2) is 11.3. The maximum Gasteiger partial charge on any atom is 0.401 e. The van der Waals surface area contributed by atoms with Gasteiger partial charge in [0.25, 0.3) is 5.65 Å². The van der Waals surface area contributed by atoms with Crippen molar-refractivity contribution in [3.8, 4) is 11.6 Å². The monoisotopic (exact) mass is 511 g/mol. The molecule has 1 saturated heterocycles. The smallest absolute Gasteiger partial charge is 0.401 e. The quantitative estimate of drug-likeness (QED) is 0.251. The summed E-state index contributed by atoms with van der Waals surface area (Å²) in [7, 11) is 1.68. The highest BCUT2D eigenvalue weighted by Crippen LogP contribution is 2.40. The van der Waals surface area contributed by atoms with Gasteiger partial charge in [-0.15, -0.1) is 4.68 Å². The van der Waals surface area contributed by atoms with Crippen molar-refractivity contribution in [3.05, 3.63) is 35.4 Å². The van der Waals surface area contributed by atoms with Crippen LogP contribution in [0.3, 0.4) is 0 Å². The number of methoxy groups -OCH3 is 1. The van der Waals surface area contributed by atoms with Crippen LogP contribution in [0.5, 0.6) is 11.6 Å². The van der Waals surface area contributed by atoms with E-state index in [1.54, 1.807) is 19.2 Å². The first-order valence-corrected chi connectivity index (χ1v) is 13.0. The lowest BCUT2D eigenvalue weighted by atomic mass is 9.84. The van der Waals surface area contributed by atoms with Crippen LogP contribution in [-0.2, 0) is 16.7 Å². The number of nitrogens with zero attached hydrogens (tertiary/aromatic N) is 5. The largest absolute Gasteiger partial charge is 0.494 e. The van der Waals surface area contributed by atoms with Gasteiger partial charge in [0.05, 0.1) is 32.6 Å². The molecule has 4 rings (SSSR count). The minimum absolute atomic E-state index is 0.0135. The van der Waals surface area contributed by atoms with Gasteiger partial charge in [-0.25, -0.2) is 0 Å². The number of ether oxygens (including phenoxy) is 3. The average Bonchev–Trinajstić information content (AvgIpc) is 3.20. The van der Waals surface area contributed by atoms with Gasteiger partial charge in [0.2, 0.25) is 5.88 Å². The van der Waals surface area contributed by atoms with Crippen molar-refractivity contribution < 1.29 is 23.7 Å². The number of carbonyl (C=O) groups excluding carboxylic acids is 1. The molecule has 200 valence electrons. The molecule has 0 radical (unpaired) electrons. The van der Waals surface area contributed by atoms with Gasteiger partial charge in [0.1, 0.15) is 5.75 Å². The number of ketones is 1. The van der Waals surface area contributed by atoms with Crippen molar-refractivity contribution in [1.29, 1.82) is 0 Å². The summed E-state index contributed by atoms with van der Waals surface area (Å²) < 4.78 is 20.2. The zero-order chi connectivity index (χ0) is 26.6. The van der Waals surface area contributed by atoms with Crippen LogP contribution in [0.2, 0.25) is 0 Å². The maximum atomic E-state index is 13.6. The standard InChI is InChI=1S/C27H38N6O4/c1-6-7-8-13-37-24-10-9-23-29-32(26(28)33(23)30-24)18-22(34)19-16-20(27(2,3)4)25(35-5)21(17-19)31-11-14-36-15-12-31/h9-10,16-17,28H,6-8,11-15,18H2,1-5H3/p+1. The number of morpholine rings is 1. The molecule has 37 heavy (non-hydrogen) atoms. The summed E-state index contributed by atoms with van der Waals surface area (Å²) in [5.41, 5.74) is 9.14. The lowest BCUT2D eigenvalue weighted by molar-refractivity contribution is -0.723. The molecule has 3 heterocycles. The number of benzene rings is 1. The van der Waals surface area contributed by atoms with Gasteiger partial charge in [-0.2, -0.15) is 0 Å². The Bertz CT molecular complexity index is 1240. The predicted octanol–water partition coefficient (Wildman–Crippen LogP) is 3.19. The second-order valence-corrected chi connectivity index (χ2v) is 10.4. The van der Waals surface area contributed by atoms with E-state index in [9.17, 15) is 4.79 Å². The van der Waals surface area contributed by atoms with Crippen LogP contribution in [0.25, 0.3) is 5.65 Å². The third-order valence-corrected chi connectivity index (χ3v) is 6.54.